The SMILES string of the molecule is CNc1cc(C)cc(-c2ccccc2F)c1.O=[N+]([O-])c1ccc(C=C2CCC2)cc1. The van der Waals surface area contributed by atoms with E-state index in [4.69, 9.17) is 0 Å². The zero-order valence-corrected chi connectivity index (χ0v) is 17.2. The third kappa shape index (κ3) is 5.54. The molecule has 0 bridgehead atoms. The number of nitrogens with zero attached hydrogens (tertiary/aromatic N) is 1. The van der Waals surface area contributed by atoms with Gasteiger partial charge in [0.15, 0.2) is 0 Å². The maximum atomic E-state index is 13.6. The van der Waals surface area contributed by atoms with Gasteiger partial charge in [-0.1, -0.05) is 35.9 Å². The topological polar surface area (TPSA) is 55.2 Å². The molecule has 1 fully saturated rings. The van der Waals surface area contributed by atoms with Crippen molar-refractivity contribution in [1.82, 2.24) is 0 Å². The molecule has 0 atom stereocenters. The van der Waals surface area contributed by atoms with Crippen LogP contribution in [0.5, 0.6) is 0 Å². The molecule has 1 aliphatic rings. The Morgan fingerprint density at radius 3 is 2.30 bits per heavy atom. The van der Waals surface area contributed by atoms with Gasteiger partial charge in [0.25, 0.3) is 5.69 Å². The van der Waals surface area contributed by atoms with E-state index in [1.54, 1.807) is 36.4 Å². The lowest BCUT2D eigenvalue weighted by Gasteiger charge is -2.15. The number of nitro groups is 1. The van der Waals surface area contributed by atoms with Gasteiger partial charge in [0.2, 0.25) is 0 Å². The summed E-state index contributed by atoms with van der Waals surface area (Å²) in [4.78, 5) is 10.0. The van der Waals surface area contributed by atoms with Crippen molar-refractivity contribution < 1.29 is 9.31 Å². The van der Waals surface area contributed by atoms with E-state index in [1.165, 1.54) is 30.9 Å². The summed E-state index contributed by atoms with van der Waals surface area (Å²) in [7, 11) is 1.86. The highest BCUT2D eigenvalue weighted by molar-refractivity contribution is 5.69. The Bertz CT molecular complexity index is 1050. The van der Waals surface area contributed by atoms with Gasteiger partial charge < -0.3 is 5.32 Å². The molecule has 0 heterocycles. The summed E-state index contributed by atoms with van der Waals surface area (Å²) in [5.74, 6) is -0.185. The van der Waals surface area contributed by atoms with E-state index in [0.29, 0.717) is 5.56 Å². The van der Waals surface area contributed by atoms with Crippen molar-refractivity contribution in [3.8, 4) is 11.1 Å². The van der Waals surface area contributed by atoms with Crippen molar-refractivity contribution >= 4 is 17.5 Å². The predicted octanol–water partition coefficient (Wildman–Crippen LogP) is 7.00. The minimum Gasteiger partial charge on any atom is -0.388 e. The number of hydrogen-bond donors (Lipinski definition) is 1. The van der Waals surface area contributed by atoms with Gasteiger partial charge in [-0.15, -0.1) is 0 Å². The van der Waals surface area contributed by atoms with Crippen LogP contribution in [0.3, 0.4) is 0 Å². The lowest BCUT2D eigenvalue weighted by atomic mass is 9.91. The standard InChI is InChI=1S/C14H14FN.C11H11NO2/c1-10-7-11(9-12(8-10)16-2)13-5-3-4-6-14(13)15;13-12(14)11-6-4-10(5-7-11)8-9-2-1-3-9/h3-9,16H,1-2H3;4-8H,1-3H2. The Hall–Kier alpha value is -3.47. The van der Waals surface area contributed by atoms with Crippen LogP contribution in [0.15, 0.2) is 72.3 Å². The average molecular weight is 404 g/mol. The van der Waals surface area contributed by atoms with Crippen molar-refractivity contribution in [2.75, 3.05) is 12.4 Å². The van der Waals surface area contributed by atoms with Crippen molar-refractivity contribution in [2.45, 2.75) is 26.2 Å². The minimum absolute atomic E-state index is 0.153. The number of benzene rings is 3. The number of hydrogen-bond acceptors (Lipinski definition) is 3. The summed E-state index contributed by atoms with van der Waals surface area (Å²) in [6.07, 6.45) is 5.75. The molecule has 3 aromatic rings. The zero-order chi connectivity index (χ0) is 21.5. The van der Waals surface area contributed by atoms with Crippen molar-refractivity contribution in [1.29, 1.82) is 0 Å². The van der Waals surface area contributed by atoms with Crippen LogP contribution in [0.1, 0.15) is 30.4 Å². The first kappa shape index (κ1) is 21.2. The molecule has 0 unspecified atom stereocenters. The number of nitro benzene ring substituents is 1. The van der Waals surface area contributed by atoms with Crippen molar-refractivity contribution in [3.63, 3.8) is 0 Å². The van der Waals surface area contributed by atoms with Crippen molar-refractivity contribution in [3.05, 3.63) is 99.4 Å². The highest BCUT2D eigenvalue weighted by atomic mass is 19.1. The Balaban J connectivity index is 0.000000172. The fourth-order valence-electron chi connectivity index (χ4n) is 3.23. The van der Waals surface area contributed by atoms with E-state index in [1.807, 2.05) is 38.2 Å². The second kappa shape index (κ2) is 9.83. The zero-order valence-electron chi connectivity index (χ0n) is 17.2. The summed E-state index contributed by atoms with van der Waals surface area (Å²) in [6, 6.07) is 19.5. The predicted molar refractivity (Wildman–Crippen MR) is 121 cm³/mol. The van der Waals surface area contributed by atoms with E-state index in [9.17, 15) is 14.5 Å². The van der Waals surface area contributed by atoms with Gasteiger partial charge in [-0.2, -0.15) is 0 Å². The first-order valence-electron chi connectivity index (χ1n) is 9.94. The van der Waals surface area contributed by atoms with Gasteiger partial charge >= 0.3 is 0 Å². The van der Waals surface area contributed by atoms with E-state index < -0.39 is 0 Å². The maximum Gasteiger partial charge on any atom is 0.269 e. The molecular weight excluding hydrogens is 379 g/mol. The number of halogens is 1. The molecule has 1 saturated carbocycles. The molecule has 3 aromatic carbocycles. The summed E-state index contributed by atoms with van der Waals surface area (Å²) in [6.45, 7) is 2.01. The summed E-state index contributed by atoms with van der Waals surface area (Å²) in [5, 5.41) is 13.5. The highest BCUT2D eigenvalue weighted by Gasteiger charge is 2.08. The molecule has 0 saturated heterocycles. The molecule has 0 aromatic heterocycles. The first-order chi connectivity index (χ1) is 14.5. The molecule has 1 aliphatic carbocycles. The van der Waals surface area contributed by atoms with Crippen LogP contribution in [-0.2, 0) is 0 Å². The Labute approximate surface area is 176 Å². The Morgan fingerprint density at radius 2 is 1.73 bits per heavy atom. The van der Waals surface area contributed by atoms with Crippen molar-refractivity contribution in [2.24, 2.45) is 0 Å². The third-order valence-electron chi connectivity index (χ3n) is 5.02. The molecule has 4 rings (SSSR count). The summed E-state index contributed by atoms with van der Waals surface area (Å²) >= 11 is 0. The van der Waals surface area contributed by atoms with E-state index in [-0.39, 0.29) is 16.4 Å². The molecule has 1 N–H and O–H groups in total. The monoisotopic (exact) mass is 404 g/mol. The highest BCUT2D eigenvalue weighted by Crippen LogP contribution is 2.28. The van der Waals surface area contributed by atoms with Crippen LogP contribution in [0.4, 0.5) is 15.8 Å². The molecule has 154 valence electrons. The number of non-ortho nitro benzene ring substituents is 1. The lowest BCUT2D eigenvalue weighted by molar-refractivity contribution is -0.384. The number of allylic oxidation sites excluding steroid dienone is 1. The van der Waals surface area contributed by atoms with Crippen LogP contribution in [-0.4, -0.2) is 12.0 Å². The summed E-state index contributed by atoms with van der Waals surface area (Å²) < 4.78 is 13.6. The Kier molecular flexibility index (Phi) is 6.96. The normalized spacial score (nSPS) is 12.3. The fraction of sp³-hybridized carbons (Fsp3) is 0.200. The molecular formula is C25H25FN2O2. The van der Waals surface area contributed by atoms with Gasteiger partial charge in [-0.05, 0) is 73.2 Å². The van der Waals surface area contributed by atoms with Gasteiger partial charge in [0.05, 0.1) is 4.92 Å². The number of aryl methyl sites for hydroxylation is 1. The van der Waals surface area contributed by atoms with Gasteiger partial charge in [-0.3, -0.25) is 10.1 Å². The van der Waals surface area contributed by atoms with Crippen LogP contribution < -0.4 is 5.32 Å². The van der Waals surface area contributed by atoms with Crippen LogP contribution in [0, 0.1) is 22.9 Å². The molecule has 4 nitrogen and oxygen atoms in total. The van der Waals surface area contributed by atoms with E-state index >= 15 is 0 Å². The van der Waals surface area contributed by atoms with Crippen LogP contribution in [0.25, 0.3) is 17.2 Å². The number of anilines is 1. The van der Waals surface area contributed by atoms with Gasteiger partial charge in [-0.25, -0.2) is 4.39 Å². The molecule has 30 heavy (non-hydrogen) atoms. The second-order valence-electron chi connectivity index (χ2n) is 7.32. The van der Waals surface area contributed by atoms with E-state index in [0.717, 1.165) is 22.4 Å². The van der Waals surface area contributed by atoms with Crippen LogP contribution in [0.2, 0.25) is 0 Å². The quantitative estimate of drug-likeness (QED) is 0.376. The number of rotatable bonds is 4. The number of nitrogens with one attached hydrogen (secondary N) is 1. The minimum atomic E-state index is -0.375. The smallest absolute Gasteiger partial charge is 0.269 e. The maximum absolute atomic E-state index is 13.6. The molecule has 0 radical (unpaired) electrons. The molecule has 0 spiro atoms. The van der Waals surface area contributed by atoms with Gasteiger partial charge in [0.1, 0.15) is 5.82 Å². The summed E-state index contributed by atoms with van der Waals surface area (Å²) in [5.41, 5.74) is 6.32. The Morgan fingerprint density at radius 1 is 1.03 bits per heavy atom. The molecule has 0 amide bonds. The second-order valence-corrected chi connectivity index (χ2v) is 7.32. The molecule has 0 aliphatic heterocycles. The van der Waals surface area contributed by atoms with Gasteiger partial charge in [0, 0.05) is 30.4 Å². The fourth-order valence-corrected chi connectivity index (χ4v) is 3.23. The lowest BCUT2D eigenvalue weighted by Crippen LogP contribution is -1.95. The van der Waals surface area contributed by atoms with E-state index in [2.05, 4.69) is 11.4 Å². The first-order valence-corrected chi connectivity index (χ1v) is 9.94. The van der Waals surface area contributed by atoms with Crippen LogP contribution >= 0.6 is 0 Å². The largest absolute Gasteiger partial charge is 0.388 e. The third-order valence-corrected chi connectivity index (χ3v) is 5.02. The average Bonchev–Trinajstić information content (AvgIpc) is 2.71. The molecule has 5 heteroatoms.